The molecular weight excluding hydrogens is 235 g/mol. The second kappa shape index (κ2) is 5.32. The van der Waals surface area contributed by atoms with Crippen LogP contribution in [0.4, 0.5) is 4.39 Å². The summed E-state index contributed by atoms with van der Waals surface area (Å²) < 4.78 is 13.6. The minimum absolute atomic E-state index is 0.223. The van der Waals surface area contributed by atoms with Crippen molar-refractivity contribution in [1.82, 2.24) is 5.32 Å². The maximum Gasteiger partial charge on any atom is 0.124 e. The Morgan fingerprint density at radius 2 is 2.15 bits per heavy atom. The smallest absolute Gasteiger partial charge is 0.124 e. The van der Waals surface area contributed by atoms with E-state index in [4.69, 9.17) is 5.73 Å². The first-order chi connectivity index (χ1) is 6.22. The molecule has 72 valence electrons. The van der Waals surface area contributed by atoms with E-state index >= 15 is 0 Å². The highest BCUT2D eigenvalue weighted by atomic mass is 79.9. The van der Waals surface area contributed by atoms with Gasteiger partial charge in [0.05, 0.1) is 0 Å². The molecule has 0 aliphatic carbocycles. The van der Waals surface area contributed by atoms with Crippen molar-refractivity contribution in [3.05, 3.63) is 34.1 Å². The highest BCUT2D eigenvalue weighted by Gasteiger charge is 1.97. The molecule has 0 saturated heterocycles. The van der Waals surface area contributed by atoms with E-state index in [9.17, 15) is 4.39 Å². The summed E-state index contributed by atoms with van der Waals surface area (Å²) >= 11 is 3.23. The lowest BCUT2D eigenvalue weighted by molar-refractivity contribution is 0.619. The Morgan fingerprint density at radius 3 is 2.77 bits per heavy atom. The summed E-state index contributed by atoms with van der Waals surface area (Å²) in [7, 11) is 0. The van der Waals surface area contributed by atoms with E-state index in [1.54, 1.807) is 0 Å². The zero-order valence-electron chi connectivity index (χ0n) is 7.19. The molecule has 0 aromatic heterocycles. The molecule has 0 aliphatic rings. The third-order valence-electron chi connectivity index (χ3n) is 1.57. The Bertz CT molecular complexity index is 258. The fourth-order valence-corrected chi connectivity index (χ4v) is 1.56. The van der Waals surface area contributed by atoms with Crippen LogP contribution in [0.25, 0.3) is 0 Å². The largest absolute Gasteiger partial charge is 0.329 e. The average molecular weight is 247 g/mol. The lowest BCUT2D eigenvalue weighted by atomic mass is 10.2. The van der Waals surface area contributed by atoms with Gasteiger partial charge in [-0.1, -0.05) is 15.9 Å². The van der Waals surface area contributed by atoms with Crippen LogP contribution in [0.5, 0.6) is 0 Å². The predicted molar refractivity (Wildman–Crippen MR) is 54.9 cm³/mol. The first-order valence-corrected chi connectivity index (χ1v) is 4.87. The maximum atomic E-state index is 12.9. The predicted octanol–water partition coefficient (Wildman–Crippen LogP) is 1.64. The Morgan fingerprint density at radius 1 is 1.38 bits per heavy atom. The molecule has 3 N–H and O–H groups in total. The fraction of sp³-hybridized carbons (Fsp3) is 0.333. The van der Waals surface area contributed by atoms with Gasteiger partial charge in [0.2, 0.25) is 0 Å². The SMILES string of the molecule is NCCNCc1cc(F)cc(Br)c1. The minimum atomic E-state index is -0.223. The van der Waals surface area contributed by atoms with Crippen molar-refractivity contribution in [3.63, 3.8) is 0 Å². The maximum absolute atomic E-state index is 12.9. The number of nitrogens with two attached hydrogens (primary N) is 1. The van der Waals surface area contributed by atoms with Crippen molar-refractivity contribution in [2.45, 2.75) is 6.54 Å². The molecule has 0 aliphatic heterocycles. The molecule has 4 heteroatoms. The normalized spacial score (nSPS) is 10.4. The topological polar surface area (TPSA) is 38.0 Å². The molecule has 0 unspecified atom stereocenters. The van der Waals surface area contributed by atoms with Crippen molar-refractivity contribution in [1.29, 1.82) is 0 Å². The van der Waals surface area contributed by atoms with Gasteiger partial charge in [-0.15, -0.1) is 0 Å². The molecular formula is C9H12BrFN2. The molecule has 13 heavy (non-hydrogen) atoms. The molecule has 1 aromatic carbocycles. The summed E-state index contributed by atoms with van der Waals surface area (Å²) in [6.45, 7) is 1.98. The number of benzene rings is 1. The molecule has 0 saturated carbocycles. The first kappa shape index (κ1) is 10.6. The van der Waals surface area contributed by atoms with E-state index in [0.717, 1.165) is 16.6 Å². The van der Waals surface area contributed by atoms with Crippen molar-refractivity contribution in [2.24, 2.45) is 5.73 Å². The fourth-order valence-electron chi connectivity index (χ4n) is 1.05. The lowest BCUT2D eigenvalue weighted by Crippen LogP contribution is -2.21. The van der Waals surface area contributed by atoms with E-state index < -0.39 is 0 Å². The van der Waals surface area contributed by atoms with Gasteiger partial charge in [0, 0.05) is 24.1 Å². The summed E-state index contributed by atoms with van der Waals surface area (Å²) in [6.07, 6.45) is 0. The van der Waals surface area contributed by atoms with Gasteiger partial charge < -0.3 is 11.1 Å². The first-order valence-electron chi connectivity index (χ1n) is 4.08. The van der Waals surface area contributed by atoms with Gasteiger partial charge in [0.1, 0.15) is 5.82 Å². The van der Waals surface area contributed by atoms with E-state index in [1.807, 2.05) is 6.07 Å². The lowest BCUT2D eigenvalue weighted by Gasteiger charge is -2.03. The van der Waals surface area contributed by atoms with Crippen molar-refractivity contribution in [2.75, 3.05) is 13.1 Å². The minimum Gasteiger partial charge on any atom is -0.329 e. The molecule has 1 rings (SSSR count). The highest BCUT2D eigenvalue weighted by Crippen LogP contribution is 2.14. The average Bonchev–Trinajstić information content (AvgIpc) is 2.03. The van der Waals surface area contributed by atoms with Crippen LogP contribution in [-0.4, -0.2) is 13.1 Å². The summed E-state index contributed by atoms with van der Waals surface area (Å²) in [5, 5.41) is 3.09. The van der Waals surface area contributed by atoms with Crippen molar-refractivity contribution < 1.29 is 4.39 Å². The number of nitrogens with one attached hydrogen (secondary N) is 1. The Kier molecular flexibility index (Phi) is 4.35. The van der Waals surface area contributed by atoms with Crippen LogP contribution in [0.1, 0.15) is 5.56 Å². The van der Waals surface area contributed by atoms with Gasteiger partial charge in [0.25, 0.3) is 0 Å². The number of hydrogen-bond acceptors (Lipinski definition) is 2. The quantitative estimate of drug-likeness (QED) is 0.794. The van der Waals surface area contributed by atoms with Gasteiger partial charge in [-0.05, 0) is 23.8 Å². The van der Waals surface area contributed by atoms with Crippen LogP contribution in [0.2, 0.25) is 0 Å². The Labute approximate surface area is 85.4 Å². The van der Waals surface area contributed by atoms with E-state index in [1.165, 1.54) is 12.1 Å². The Hall–Kier alpha value is -0.450. The zero-order chi connectivity index (χ0) is 9.68. The summed E-state index contributed by atoms with van der Waals surface area (Å²) in [5.74, 6) is -0.223. The summed E-state index contributed by atoms with van der Waals surface area (Å²) in [6, 6.07) is 4.83. The van der Waals surface area contributed by atoms with Crippen LogP contribution in [0.15, 0.2) is 22.7 Å². The summed E-state index contributed by atoms with van der Waals surface area (Å²) in [4.78, 5) is 0. The molecule has 0 spiro atoms. The van der Waals surface area contributed by atoms with Gasteiger partial charge in [-0.2, -0.15) is 0 Å². The Balaban J connectivity index is 2.56. The second-order valence-corrected chi connectivity index (χ2v) is 3.66. The molecule has 0 bridgehead atoms. The van der Waals surface area contributed by atoms with Crippen molar-refractivity contribution in [3.8, 4) is 0 Å². The third kappa shape index (κ3) is 3.85. The van der Waals surface area contributed by atoms with Crippen LogP contribution in [0, 0.1) is 5.82 Å². The van der Waals surface area contributed by atoms with E-state index in [-0.39, 0.29) is 5.82 Å². The number of rotatable bonds is 4. The number of hydrogen-bond donors (Lipinski definition) is 2. The highest BCUT2D eigenvalue weighted by molar-refractivity contribution is 9.10. The zero-order valence-corrected chi connectivity index (χ0v) is 8.77. The monoisotopic (exact) mass is 246 g/mol. The summed E-state index contributed by atoms with van der Waals surface area (Å²) in [5.41, 5.74) is 6.22. The third-order valence-corrected chi connectivity index (χ3v) is 2.03. The van der Waals surface area contributed by atoms with Gasteiger partial charge in [0.15, 0.2) is 0 Å². The van der Waals surface area contributed by atoms with Crippen LogP contribution in [0.3, 0.4) is 0 Å². The van der Waals surface area contributed by atoms with E-state index in [0.29, 0.717) is 13.1 Å². The molecule has 0 radical (unpaired) electrons. The second-order valence-electron chi connectivity index (χ2n) is 2.74. The molecule has 0 fully saturated rings. The van der Waals surface area contributed by atoms with Gasteiger partial charge >= 0.3 is 0 Å². The standard InChI is InChI=1S/C9H12BrFN2/c10-8-3-7(4-9(11)5-8)6-13-2-1-12/h3-5,13H,1-2,6,12H2. The number of halogens is 2. The molecule has 0 heterocycles. The van der Waals surface area contributed by atoms with Gasteiger partial charge in [-0.3, -0.25) is 0 Å². The van der Waals surface area contributed by atoms with Gasteiger partial charge in [-0.25, -0.2) is 4.39 Å². The van der Waals surface area contributed by atoms with Crippen LogP contribution >= 0.6 is 15.9 Å². The molecule has 1 aromatic rings. The van der Waals surface area contributed by atoms with E-state index in [2.05, 4.69) is 21.2 Å². The van der Waals surface area contributed by atoms with Crippen LogP contribution < -0.4 is 11.1 Å². The van der Waals surface area contributed by atoms with Crippen molar-refractivity contribution >= 4 is 15.9 Å². The molecule has 2 nitrogen and oxygen atoms in total. The van der Waals surface area contributed by atoms with Crippen LogP contribution in [-0.2, 0) is 6.54 Å². The molecule has 0 atom stereocenters. The molecule has 0 amide bonds.